The Bertz CT molecular complexity index is 255. The van der Waals surface area contributed by atoms with Gasteiger partial charge in [0.15, 0.2) is 0 Å². The average molecular weight is 199 g/mol. The second kappa shape index (κ2) is 3.61. The third-order valence-electron chi connectivity index (χ3n) is 1.91. The number of hydrogen-bond donors (Lipinski definition) is 1. The van der Waals surface area contributed by atoms with Gasteiger partial charge in [-0.1, -0.05) is 6.58 Å². The monoisotopic (exact) mass is 199 g/mol. The number of nitrogens with zero attached hydrogens (tertiary/aromatic N) is 1. The molecule has 0 bridgehead atoms. The second-order valence-electron chi connectivity index (χ2n) is 4.53. The standard InChI is InChI=1S/C10H17NO3/c1-7-5-11(6-8(7)12)9(13)14-10(2,3)4/h8,12H,1,5-6H2,2-4H3. The Morgan fingerprint density at radius 2 is 2.21 bits per heavy atom. The van der Waals surface area contributed by atoms with E-state index in [1.165, 1.54) is 4.90 Å². The minimum Gasteiger partial charge on any atom is -0.444 e. The molecule has 1 rings (SSSR count). The van der Waals surface area contributed by atoms with Crippen LogP contribution in [-0.2, 0) is 4.74 Å². The van der Waals surface area contributed by atoms with E-state index in [1.54, 1.807) is 0 Å². The number of aliphatic hydroxyl groups excluding tert-OH is 1. The molecule has 1 heterocycles. The maximum atomic E-state index is 11.5. The minimum absolute atomic E-state index is 0.285. The van der Waals surface area contributed by atoms with E-state index >= 15 is 0 Å². The summed E-state index contributed by atoms with van der Waals surface area (Å²) in [6, 6.07) is 0. The minimum atomic E-state index is -0.609. The van der Waals surface area contributed by atoms with E-state index in [0.29, 0.717) is 12.1 Å². The van der Waals surface area contributed by atoms with Crippen molar-refractivity contribution < 1.29 is 14.6 Å². The highest BCUT2D eigenvalue weighted by Crippen LogP contribution is 2.17. The highest BCUT2D eigenvalue weighted by atomic mass is 16.6. The smallest absolute Gasteiger partial charge is 0.410 e. The summed E-state index contributed by atoms with van der Waals surface area (Å²) in [5, 5.41) is 9.37. The van der Waals surface area contributed by atoms with Crippen LogP contribution in [0.1, 0.15) is 20.8 Å². The molecule has 1 fully saturated rings. The van der Waals surface area contributed by atoms with Gasteiger partial charge in [-0.15, -0.1) is 0 Å². The molecule has 4 nitrogen and oxygen atoms in total. The fourth-order valence-electron chi connectivity index (χ4n) is 1.22. The molecule has 1 amide bonds. The van der Waals surface area contributed by atoms with Crippen LogP contribution in [0, 0.1) is 0 Å². The average Bonchev–Trinajstić information content (AvgIpc) is 2.28. The first kappa shape index (κ1) is 11.0. The Kier molecular flexibility index (Phi) is 2.85. The van der Waals surface area contributed by atoms with Gasteiger partial charge in [0.25, 0.3) is 0 Å². The molecular weight excluding hydrogens is 182 g/mol. The summed E-state index contributed by atoms with van der Waals surface area (Å²) in [4.78, 5) is 13.0. The maximum Gasteiger partial charge on any atom is 0.410 e. The number of rotatable bonds is 0. The van der Waals surface area contributed by atoms with Crippen LogP contribution in [0.15, 0.2) is 12.2 Å². The van der Waals surface area contributed by atoms with E-state index in [9.17, 15) is 9.90 Å². The number of carbonyl (C=O) groups is 1. The van der Waals surface area contributed by atoms with Crippen LogP contribution in [0.2, 0.25) is 0 Å². The lowest BCUT2D eigenvalue weighted by molar-refractivity contribution is 0.0270. The van der Waals surface area contributed by atoms with Crippen molar-refractivity contribution in [3.05, 3.63) is 12.2 Å². The first-order chi connectivity index (χ1) is 6.29. The maximum absolute atomic E-state index is 11.5. The van der Waals surface area contributed by atoms with E-state index in [2.05, 4.69) is 6.58 Å². The number of β-amino-alcohol motifs (C(OH)–C–C–N with tert-alkyl or cyclic N) is 1. The molecule has 1 aliphatic heterocycles. The first-order valence-electron chi connectivity index (χ1n) is 4.63. The molecule has 4 heteroatoms. The number of aliphatic hydroxyl groups is 1. The fourth-order valence-corrected chi connectivity index (χ4v) is 1.22. The summed E-state index contributed by atoms with van der Waals surface area (Å²) in [5.74, 6) is 0. The summed E-state index contributed by atoms with van der Waals surface area (Å²) in [7, 11) is 0. The zero-order valence-electron chi connectivity index (χ0n) is 8.91. The van der Waals surface area contributed by atoms with Crippen molar-refractivity contribution in [2.45, 2.75) is 32.5 Å². The van der Waals surface area contributed by atoms with Crippen LogP contribution in [0.4, 0.5) is 4.79 Å². The summed E-state index contributed by atoms with van der Waals surface area (Å²) in [6.07, 6.45) is -1.00. The van der Waals surface area contributed by atoms with Crippen LogP contribution in [-0.4, -0.2) is 40.9 Å². The quantitative estimate of drug-likeness (QED) is 0.595. The van der Waals surface area contributed by atoms with E-state index in [1.807, 2.05) is 20.8 Å². The molecule has 0 aromatic heterocycles. The van der Waals surface area contributed by atoms with E-state index in [0.717, 1.165) is 0 Å². The molecule has 0 aromatic rings. The molecule has 0 aliphatic carbocycles. The number of ether oxygens (including phenoxy) is 1. The Morgan fingerprint density at radius 1 is 1.64 bits per heavy atom. The molecule has 0 radical (unpaired) electrons. The summed E-state index contributed by atoms with van der Waals surface area (Å²) >= 11 is 0. The van der Waals surface area contributed by atoms with Crippen LogP contribution < -0.4 is 0 Å². The predicted molar refractivity (Wildman–Crippen MR) is 53.0 cm³/mol. The molecule has 0 saturated carbocycles. The van der Waals surface area contributed by atoms with Gasteiger partial charge in [0.2, 0.25) is 0 Å². The van der Waals surface area contributed by atoms with Crippen molar-refractivity contribution in [3.8, 4) is 0 Å². The largest absolute Gasteiger partial charge is 0.444 e. The van der Waals surface area contributed by atoms with Gasteiger partial charge in [0.1, 0.15) is 5.60 Å². The third kappa shape index (κ3) is 2.73. The lowest BCUT2D eigenvalue weighted by Gasteiger charge is -2.23. The van der Waals surface area contributed by atoms with Gasteiger partial charge in [0, 0.05) is 6.54 Å². The van der Waals surface area contributed by atoms with Gasteiger partial charge < -0.3 is 14.7 Å². The SMILES string of the molecule is C=C1CN(C(=O)OC(C)(C)C)CC1O. The van der Waals surface area contributed by atoms with E-state index in [-0.39, 0.29) is 6.54 Å². The summed E-state index contributed by atoms with van der Waals surface area (Å²) in [5.41, 5.74) is 0.169. The summed E-state index contributed by atoms with van der Waals surface area (Å²) < 4.78 is 5.15. The predicted octanol–water partition coefficient (Wildman–Crippen LogP) is 1.15. The highest BCUT2D eigenvalue weighted by molar-refractivity contribution is 5.69. The Balaban J connectivity index is 2.52. The van der Waals surface area contributed by atoms with Crippen LogP contribution in [0.5, 0.6) is 0 Å². The van der Waals surface area contributed by atoms with Gasteiger partial charge in [-0.25, -0.2) is 4.79 Å². The molecule has 1 unspecified atom stereocenters. The number of amides is 1. The molecule has 80 valence electrons. The van der Waals surface area contributed by atoms with Crippen molar-refractivity contribution in [3.63, 3.8) is 0 Å². The Morgan fingerprint density at radius 3 is 2.57 bits per heavy atom. The second-order valence-corrected chi connectivity index (χ2v) is 4.53. The van der Waals surface area contributed by atoms with Crippen molar-refractivity contribution in [2.24, 2.45) is 0 Å². The van der Waals surface area contributed by atoms with Gasteiger partial charge >= 0.3 is 6.09 Å². The molecule has 0 spiro atoms. The van der Waals surface area contributed by atoms with Crippen molar-refractivity contribution in [2.75, 3.05) is 13.1 Å². The number of carbonyl (C=O) groups excluding carboxylic acids is 1. The van der Waals surface area contributed by atoms with Crippen molar-refractivity contribution in [1.29, 1.82) is 0 Å². The highest BCUT2D eigenvalue weighted by Gasteiger charge is 2.30. The zero-order valence-corrected chi connectivity index (χ0v) is 8.91. The molecule has 1 atom stereocenters. The Labute approximate surface area is 84.2 Å². The van der Waals surface area contributed by atoms with Gasteiger partial charge in [-0.05, 0) is 26.3 Å². The normalized spacial score (nSPS) is 22.7. The summed E-state index contributed by atoms with van der Waals surface area (Å²) in [6.45, 7) is 9.77. The van der Waals surface area contributed by atoms with Crippen molar-refractivity contribution in [1.82, 2.24) is 4.90 Å². The molecular formula is C10H17NO3. The third-order valence-corrected chi connectivity index (χ3v) is 1.91. The lowest BCUT2D eigenvalue weighted by atomic mass is 10.2. The fraction of sp³-hybridized carbons (Fsp3) is 0.700. The molecule has 0 aromatic carbocycles. The first-order valence-corrected chi connectivity index (χ1v) is 4.63. The van der Waals surface area contributed by atoms with Gasteiger partial charge in [-0.3, -0.25) is 0 Å². The molecule has 1 N–H and O–H groups in total. The topological polar surface area (TPSA) is 49.8 Å². The molecule has 14 heavy (non-hydrogen) atoms. The Hall–Kier alpha value is -1.03. The van der Waals surface area contributed by atoms with Crippen molar-refractivity contribution >= 4 is 6.09 Å². The number of hydrogen-bond acceptors (Lipinski definition) is 3. The van der Waals surface area contributed by atoms with Crippen LogP contribution in [0.3, 0.4) is 0 Å². The lowest BCUT2D eigenvalue weighted by Crippen LogP contribution is -2.35. The van der Waals surface area contributed by atoms with Crippen LogP contribution >= 0.6 is 0 Å². The van der Waals surface area contributed by atoms with Crippen LogP contribution in [0.25, 0.3) is 0 Å². The molecule has 1 saturated heterocycles. The van der Waals surface area contributed by atoms with Gasteiger partial charge in [0.05, 0.1) is 12.6 Å². The van der Waals surface area contributed by atoms with Gasteiger partial charge in [-0.2, -0.15) is 0 Å². The molecule has 1 aliphatic rings. The van der Waals surface area contributed by atoms with E-state index < -0.39 is 17.8 Å². The van der Waals surface area contributed by atoms with E-state index in [4.69, 9.17) is 4.74 Å². The zero-order chi connectivity index (χ0) is 10.9. The number of likely N-dealkylation sites (tertiary alicyclic amines) is 1.